The fraction of sp³-hybridized carbons (Fsp3) is 0.500. The van der Waals surface area contributed by atoms with Gasteiger partial charge in [-0.3, -0.25) is 9.48 Å². The highest BCUT2D eigenvalue weighted by molar-refractivity contribution is 7.89. The highest BCUT2D eigenvalue weighted by atomic mass is 32.2. The maximum atomic E-state index is 13.2. The molecule has 28 heavy (non-hydrogen) atoms. The molecule has 0 spiro atoms. The average Bonchev–Trinajstić information content (AvgIpc) is 3.07. The van der Waals surface area contributed by atoms with Gasteiger partial charge in [0.15, 0.2) is 0 Å². The molecular formula is C20H28N4O3S. The quantitative estimate of drug-likeness (QED) is 0.829. The van der Waals surface area contributed by atoms with Crippen LogP contribution < -0.4 is 5.32 Å². The van der Waals surface area contributed by atoms with E-state index in [9.17, 15) is 13.2 Å². The summed E-state index contributed by atoms with van der Waals surface area (Å²) >= 11 is 0. The van der Waals surface area contributed by atoms with Crippen molar-refractivity contribution in [2.24, 2.45) is 13.0 Å². The minimum atomic E-state index is -3.62. The fourth-order valence-corrected chi connectivity index (χ4v) is 5.23. The second kappa shape index (κ2) is 8.05. The first-order valence-corrected chi connectivity index (χ1v) is 11.0. The van der Waals surface area contributed by atoms with Crippen LogP contribution in [0.3, 0.4) is 0 Å². The van der Waals surface area contributed by atoms with E-state index in [1.54, 1.807) is 28.2 Å². The molecule has 1 aromatic heterocycles. The number of carbonyl (C=O) groups is 1. The highest BCUT2D eigenvalue weighted by Gasteiger charge is 2.30. The Balaban J connectivity index is 1.84. The minimum Gasteiger partial charge on any atom is -0.348 e. The van der Waals surface area contributed by atoms with E-state index < -0.39 is 10.0 Å². The molecule has 8 heteroatoms. The Labute approximate surface area is 166 Å². The van der Waals surface area contributed by atoms with Crippen molar-refractivity contribution in [3.05, 3.63) is 46.8 Å². The third kappa shape index (κ3) is 4.28. The highest BCUT2D eigenvalue weighted by Crippen LogP contribution is 2.28. The Bertz CT molecular complexity index is 973. The van der Waals surface area contributed by atoms with Crippen LogP contribution in [-0.2, 0) is 23.6 Å². The number of piperidine rings is 1. The Morgan fingerprint density at radius 3 is 2.54 bits per heavy atom. The molecule has 1 amide bonds. The predicted octanol–water partition coefficient (Wildman–Crippen LogP) is 2.39. The predicted molar refractivity (Wildman–Crippen MR) is 107 cm³/mol. The van der Waals surface area contributed by atoms with Gasteiger partial charge in [0.2, 0.25) is 10.0 Å². The van der Waals surface area contributed by atoms with Gasteiger partial charge >= 0.3 is 0 Å². The summed E-state index contributed by atoms with van der Waals surface area (Å²) in [4.78, 5) is 12.9. The molecule has 0 radical (unpaired) electrons. The molecule has 0 saturated carbocycles. The lowest BCUT2D eigenvalue weighted by Gasteiger charge is -2.30. The second-order valence-corrected chi connectivity index (χ2v) is 9.61. The van der Waals surface area contributed by atoms with Gasteiger partial charge in [-0.1, -0.05) is 6.92 Å². The Kier molecular flexibility index (Phi) is 5.90. The monoisotopic (exact) mass is 404 g/mol. The normalized spacial score (nSPS) is 16.3. The number of aryl methyl sites for hydroxylation is 2. The lowest BCUT2D eigenvalue weighted by atomic mass is 10.0. The summed E-state index contributed by atoms with van der Waals surface area (Å²) in [6.07, 6.45) is 5.24. The number of hydrogen-bond donors (Lipinski definition) is 1. The van der Waals surface area contributed by atoms with E-state index in [0.717, 1.165) is 24.0 Å². The molecule has 3 rings (SSSR count). The summed E-state index contributed by atoms with van der Waals surface area (Å²) in [7, 11) is -1.81. The van der Waals surface area contributed by atoms with E-state index >= 15 is 0 Å². The summed E-state index contributed by atoms with van der Waals surface area (Å²) in [6.45, 7) is 7.17. The van der Waals surface area contributed by atoms with Crippen LogP contribution in [-0.4, -0.2) is 41.5 Å². The van der Waals surface area contributed by atoms with Gasteiger partial charge in [0, 0.05) is 44.0 Å². The lowest BCUT2D eigenvalue weighted by molar-refractivity contribution is 0.0950. The van der Waals surface area contributed by atoms with E-state index in [0.29, 0.717) is 36.7 Å². The first-order chi connectivity index (χ1) is 13.2. The van der Waals surface area contributed by atoms with Gasteiger partial charge in [-0.05, 0) is 55.9 Å². The SMILES string of the molecule is Cc1cc(C(=O)NCc2cnn(C)c2)cc(S(=O)(=O)N2CCC(C)CC2)c1C. The van der Waals surface area contributed by atoms with Gasteiger partial charge in [0.25, 0.3) is 5.91 Å². The van der Waals surface area contributed by atoms with Gasteiger partial charge < -0.3 is 5.32 Å². The van der Waals surface area contributed by atoms with Crippen LogP contribution in [0.5, 0.6) is 0 Å². The van der Waals surface area contributed by atoms with Crippen LogP contribution in [0.1, 0.15) is 46.8 Å². The van der Waals surface area contributed by atoms with Crippen LogP contribution >= 0.6 is 0 Å². The standard InChI is InChI=1S/C20H28N4O3S/c1-14-5-7-24(8-6-14)28(26,27)19-10-18(9-15(2)16(19)3)20(25)21-11-17-12-22-23(4)13-17/h9-10,12-14H,5-8,11H2,1-4H3,(H,21,25). The molecule has 7 nitrogen and oxygen atoms in total. The zero-order valence-electron chi connectivity index (χ0n) is 16.9. The number of aromatic nitrogens is 2. The van der Waals surface area contributed by atoms with Gasteiger partial charge in [0.1, 0.15) is 0 Å². The molecule has 2 heterocycles. The molecule has 0 atom stereocenters. The van der Waals surface area contributed by atoms with Crippen LogP contribution in [0.25, 0.3) is 0 Å². The average molecular weight is 405 g/mol. The Morgan fingerprint density at radius 2 is 1.93 bits per heavy atom. The van der Waals surface area contributed by atoms with E-state index in [2.05, 4.69) is 17.3 Å². The van der Waals surface area contributed by atoms with Gasteiger partial charge in [-0.15, -0.1) is 0 Å². The number of amides is 1. The van der Waals surface area contributed by atoms with Crippen LogP contribution in [0, 0.1) is 19.8 Å². The molecule has 2 aromatic rings. The maximum Gasteiger partial charge on any atom is 0.251 e. The van der Waals surface area contributed by atoms with Crippen molar-refractivity contribution < 1.29 is 13.2 Å². The summed E-state index contributed by atoms with van der Waals surface area (Å²) in [5, 5.41) is 6.92. The number of nitrogens with zero attached hydrogens (tertiary/aromatic N) is 3. The van der Waals surface area contributed by atoms with Gasteiger partial charge in [-0.2, -0.15) is 9.40 Å². The van der Waals surface area contributed by atoms with Crippen LogP contribution in [0.2, 0.25) is 0 Å². The molecule has 1 aliphatic heterocycles. The molecule has 0 unspecified atom stereocenters. The van der Waals surface area contributed by atoms with Crippen molar-refractivity contribution in [2.75, 3.05) is 13.1 Å². The van der Waals surface area contributed by atoms with Crippen molar-refractivity contribution in [3.8, 4) is 0 Å². The van der Waals surface area contributed by atoms with Gasteiger partial charge in [-0.25, -0.2) is 8.42 Å². The summed E-state index contributed by atoms with van der Waals surface area (Å²) in [5.41, 5.74) is 2.73. The smallest absolute Gasteiger partial charge is 0.251 e. The van der Waals surface area contributed by atoms with Crippen LogP contribution in [0.4, 0.5) is 0 Å². The summed E-state index contributed by atoms with van der Waals surface area (Å²) in [5.74, 6) is 0.245. The number of hydrogen-bond acceptors (Lipinski definition) is 4. The molecule has 0 bridgehead atoms. The van der Waals surface area contributed by atoms with E-state index in [1.807, 2.05) is 20.2 Å². The van der Waals surface area contributed by atoms with E-state index in [1.165, 1.54) is 6.07 Å². The molecule has 152 valence electrons. The maximum absolute atomic E-state index is 13.2. The number of sulfonamides is 1. The van der Waals surface area contributed by atoms with Crippen LogP contribution in [0.15, 0.2) is 29.4 Å². The molecule has 1 N–H and O–H groups in total. The van der Waals surface area contributed by atoms with Crippen molar-refractivity contribution >= 4 is 15.9 Å². The first kappa shape index (κ1) is 20.5. The van der Waals surface area contributed by atoms with Crippen molar-refractivity contribution in [1.82, 2.24) is 19.4 Å². The van der Waals surface area contributed by atoms with Crippen molar-refractivity contribution in [1.29, 1.82) is 0 Å². The topological polar surface area (TPSA) is 84.3 Å². The Hall–Kier alpha value is -2.19. The first-order valence-electron chi connectivity index (χ1n) is 9.55. The largest absolute Gasteiger partial charge is 0.348 e. The number of rotatable bonds is 5. The zero-order valence-corrected chi connectivity index (χ0v) is 17.7. The summed E-state index contributed by atoms with van der Waals surface area (Å²) < 4.78 is 29.6. The molecule has 1 aromatic carbocycles. The van der Waals surface area contributed by atoms with E-state index in [-0.39, 0.29) is 10.8 Å². The molecule has 1 saturated heterocycles. The zero-order chi connectivity index (χ0) is 20.5. The van der Waals surface area contributed by atoms with Crippen molar-refractivity contribution in [2.45, 2.75) is 45.1 Å². The third-order valence-electron chi connectivity index (χ3n) is 5.45. The molecule has 0 aliphatic carbocycles. The second-order valence-electron chi connectivity index (χ2n) is 7.71. The number of benzene rings is 1. The molecule has 1 aliphatic rings. The summed E-state index contributed by atoms with van der Waals surface area (Å²) in [6, 6.07) is 3.25. The fourth-order valence-electron chi connectivity index (χ4n) is 3.44. The Morgan fingerprint density at radius 1 is 1.25 bits per heavy atom. The van der Waals surface area contributed by atoms with E-state index in [4.69, 9.17) is 0 Å². The number of carbonyl (C=O) groups excluding carboxylic acids is 1. The van der Waals surface area contributed by atoms with Gasteiger partial charge in [0.05, 0.1) is 11.1 Å². The lowest BCUT2D eigenvalue weighted by Crippen LogP contribution is -2.38. The molecular weight excluding hydrogens is 376 g/mol. The third-order valence-corrected chi connectivity index (χ3v) is 7.48. The van der Waals surface area contributed by atoms with Crippen molar-refractivity contribution in [3.63, 3.8) is 0 Å². The minimum absolute atomic E-state index is 0.230. The number of nitrogens with one attached hydrogen (secondary N) is 1. The molecule has 1 fully saturated rings.